The minimum Gasteiger partial charge on any atom is -0.377 e. The standard InChI is InChI=1S/C18H16F3N7O/c1-18(20,21)13-4-2-3-12(25-13)15-26-16(23-10-5-6-22-14(19)7-10)28-17(27-15)24-11-8-29-9-11/h2-7,11H,8-9H2,1H3,(H2,22,23,24,26,27,28). The number of anilines is 3. The van der Waals surface area contributed by atoms with Gasteiger partial charge in [-0.2, -0.15) is 28.1 Å². The Morgan fingerprint density at radius 1 is 1.07 bits per heavy atom. The second-order valence-electron chi connectivity index (χ2n) is 6.47. The Kier molecular flexibility index (Phi) is 4.97. The number of rotatable bonds is 6. The van der Waals surface area contributed by atoms with Gasteiger partial charge in [0.1, 0.15) is 11.4 Å². The summed E-state index contributed by atoms with van der Waals surface area (Å²) in [6.07, 6.45) is 1.29. The van der Waals surface area contributed by atoms with E-state index in [9.17, 15) is 13.2 Å². The Bertz CT molecular complexity index is 1020. The molecule has 2 N–H and O–H groups in total. The van der Waals surface area contributed by atoms with Gasteiger partial charge < -0.3 is 15.4 Å². The van der Waals surface area contributed by atoms with Crippen LogP contribution in [0.1, 0.15) is 12.6 Å². The number of nitrogens with zero attached hydrogens (tertiary/aromatic N) is 5. The van der Waals surface area contributed by atoms with E-state index in [4.69, 9.17) is 4.74 Å². The Labute approximate surface area is 163 Å². The van der Waals surface area contributed by atoms with Gasteiger partial charge in [0.25, 0.3) is 5.92 Å². The van der Waals surface area contributed by atoms with Gasteiger partial charge in [0.05, 0.1) is 19.3 Å². The molecule has 3 aromatic heterocycles. The van der Waals surface area contributed by atoms with E-state index in [2.05, 4.69) is 35.6 Å². The van der Waals surface area contributed by atoms with E-state index in [0.717, 1.165) is 6.92 Å². The van der Waals surface area contributed by atoms with E-state index < -0.39 is 17.6 Å². The minimum atomic E-state index is -3.11. The van der Waals surface area contributed by atoms with E-state index in [1.807, 2.05) is 0 Å². The van der Waals surface area contributed by atoms with Crippen molar-refractivity contribution >= 4 is 17.6 Å². The highest BCUT2D eigenvalue weighted by molar-refractivity contribution is 5.58. The molecule has 0 amide bonds. The monoisotopic (exact) mass is 403 g/mol. The molecule has 0 bridgehead atoms. The maximum atomic E-state index is 13.7. The van der Waals surface area contributed by atoms with Gasteiger partial charge in [0, 0.05) is 24.9 Å². The van der Waals surface area contributed by atoms with E-state index in [1.54, 1.807) is 0 Å². The van der Waals surface area contributed by atoms with Crippen LogP contribution in [0, 0.1) is 5.95 Å². The van der Waals surface area contributed by atoms with Gasteiger partial charge in [-0.1, -0.05) is 6.07 Å². The lowest BCUT2D eigenvalue weighted by atomic mass is 10.2. The lowest BCUT2D eigenvalue weighted by Crippen LogP contribution is -2.40. The molecule has 0 aliphatic carbocycles. The van der Waals surface area contributed by atoms with Crippen molar-refractivity contribution < 1.29 is 17.9 Å². The Hall–Kier alpha value is -3.34. The summed E-state index contributed by atoms with van der Waals surface area (Å²) in [6, 6.07) is 6.95. The van der Waals surface area contributed by atoms with E-state index in [0.29, 0.717) is 18.9 Å². The predicted octanol–water partition coefficient (Wildman–Crippen LogP) is 3.13. The summed E-state index contributed by atoms with van der Waals surface area (Å²) < 4.78 is 45.8. The van der Waals surface area contributed by atoms with E-state index in [-0.39, 0.29) is 29.5 Å². The molecule has 0 aromatic carbocycles. The molecular formula is C18H16F3N7O. The first-order chi connectivity index (χ1) is 13.9. The second kappa shape index (κ2) is 7.59. The highest BCUT2D eigenvalue weighted by Gasteiger charge is 2.27. The molecule has 1 aliphatic heterocycles. The number of aromatic nitrogens is 5. The van der Waals surface area contributed by atoms with Crippen LogP contribution >= 0.6 is 0 Å². The molecule has 4 heterocycles. The fourth-order valence-corrected chi connectivity index (χ4v) is 2.53. The summed E-state index contributed by atoms with van der Waals surface area (Å²) in [5.41, 5.74) is 0.126. The zero-order valence-corrected chi connectivity index (χ0v) is 15.2. The lowest BCUT2D eigenvalue weighted by molar-refractivity contribution is 0.0129. The summed E-state index contributed by atoms with van der Waals surface area (Å²) >= 11 is 0. The molecule has 8 nitrogen and oxygen atoms in total. The first-order valence-corrected chi connectivity index (χ1v) is 8.71. The smallest absolute Gasteiger partial charge is 0.286 e. The van der Waals surface area contributed by atoms with Crippen LogP contribution in [0.3, 0.4) is 0 Å². The van der Waals surface area contributed by atoms with Crippen LogP contribution in [-0.4, -0.2) is 44.2 Å². The number of halogens is 3. The van der Waals surface area contributed by atoms with Crippen molar-refractivity contribution in [3.05, 3.63) is 48.2 Å². The maximum absolute atomic E-state index is 13.7. The number of hydrogen-bond acceptors (Lipinski definition) is 8. The molecule has 1 aliphatic rings. The van der Waals surface area contributed by atoms with Crippen LogP contribution < -0.4 is 10.6 Å². The number of ether oxygens (including phenoxy) is 1. The summed E-state index contributed by atoms with van der Waals surface area (Å²) in [6.45, 7) is 1.76. The fourth-order valence-electron chi connectivity index (χ4n) is 2.53. The summed E-state index contributed by atoms with van der Waals surface area (Å²) in [4.78, 5) is 20.3. The van der Waals surface area contributed by atoms with Crippen LogP contribution in [0.5, 0.6) is 0 Å². The zero-order chi connectivity index (χ0) is 20.4. The number of pyridine rings is 2. The van der Waals surface area contributed by atoms with Crippen LogP contribution in [0.15, 0.2) is 36.5 Å². The Balaban J connectivity index is 1.71. The molecule has 0 spiro atoms. The van der Waals surface area contributed by atoms with Crippen molar-refractivity contribution in [2.75, 3.05) is 23.8 Å². The largest absolute Gasteiger partial charge is 0.377 e. The highest BCUT2D eigenvalue weighted by atomic mass is 19.3. The molecule has 4 rings (SSSR count). The molecule has 11 heteroatoms. The second-order valence-corrected chi connectivity index (χ2v) is 6.47. The molecule has 29 heavy (non-hydrogen) atoms. The third kappa shape index (κ3) is 4.57. The molecule has 1 fully saturated rings. The molecule has 3 aromatic rings. The average Bonchev–Trinajstić information content (AvgIpc) is 2.64. The molecule has 150 valence electrons. The van der Waals surface area contributed by atoms with E-state index in [1.165, 1.54) is 36.5 Å². The predicted molar refractivity (Wildman–Crippen MR) is 98.3 cm³/mol. The highest BCUT2D eigenvalue weighted by Crippen LogP contribution is 2.27. The average molecular weight is 403 g/mol. The van der Waals surface area contributed by atoms with Crippen molar-refractivity contribution in [3.8, 4) is 11.5 Å². The molecular weight excluding hydrogens is 387 g/mol. The summed E-state index contributed by atoms with van der Waals surface area (Å²) in [7, 11) is 0. The van der Waals surface area contributed by atoms with Gasteiger partial charge in [-0.05, 0) is 18.2 Å². The number of nitrogens with one attached hydrogen (secondary N) is 2. The van der Waals surface area contributed by atoms with Crippen molar-refractivity contribution in [1.29, 1.82) is 0 Å². The molecule has 0 atom stereocenters. The van der Waals surface area contributed by atoms with Crippen LogP contribution in [0.2, 0.25) is 0 Å². The quantitative estimate of drug-likeness (QED) is 0.606. The van der Waals surface area contributed by atoms with Crippen LogP contribution in [0.25, 0.3) is 11.5 Å². The van der Waals surface area contributed by atoms with Crippen LogP contribution in [0.4, 0.5) is 30.8 Å². The molecule has 0 unspecified atom stereocenters. The normalized spacial score (nSPS) is 14.3. The van der Waals surface area contributed by atoms with Gasteiger partial charge >= 0.3 is 0 Å². The SMILES string of the molecule is CC(F)(F)c1cccc(-c2nc(Nc3ccnc(F)c3)nc(NC3COC3)n2)n1. The minimum absolute atomic E-state index is 0.0238. The van der Waals surface area contributed by atoms with Gasteiger partial charge in [-0.15, -0.1) is 0 Å². The van der Waals surface area contributed by atoms with Crippen molar-refractivity contribution in [3.63, 3.8) is 0 Å². The van der Waals surface area contributed by atoms with Gasteiger partial charge in [0.15, 0.2) is 5.82 Å². The molecule has 1 saturated heterocycles. The number of alkyl halides is 2. The van der Waals surface area contributed by atoms with Crippen LogP contribution in [-0.2, 0) is 10.7 Å². The van der Waals surface area contributed by atoms with Gasteiger partial charge in [-0.25, -0.2) is 9.97 Å². The summed E-state index contributed by atoms with van der Waals surface area (Å²) in [5, 5.41) is 5.94. The molecule has 0 radical (unpaired) electrons. The summed E-state index contributed by atoms with van der Waals surface area (Å²) in [5.74, 6) is -3.38. The lowest BCUT2D eigenvalue weighted by Gasteiger charge is -2.26. The zero-order valence-electron chi connectivity index (χ0n) is 15.2. The van der Waals surface area contributed by atoms with Crippen molar-refractivity contribution in [2.45, 2.75) is 18.9 Å². The van der Waals surface area contributed by atoms with E-state index >= 15 is 0 Å². The maximum Gasteiger partial charge on any atom is 0.286 e. The first kappa shape index (κ1) is 19.0. The Morgan fingerprint density at radius 2 is 1.86 bits per heavy atom. The topological polar surface area (TPSA) is 97.7 Å². The first-order valence-electron chi connectivity index (χ1n) is 8.71. The molecule has 0 saturated carbocycles. The van der Waals surface area contributed by atoms with Gasteiger partial charge in [-0.3, -0.25) is 0 Å². The van der Waals surface area contributed by atoms with Gasteiger partial charge in [0.2, 0.25) is 17.8 Å². The fraction of sp³-hybridized carbons (Fsp3) is 0.278. The third-order valence-corrected chi connectivity index (χ3v) is 4.02. The number of hydrogen-bond donors (Lipinski definition) is 2. The third-order valence-electron chi connectivity index (χ3n) is 4.02. The van der Waals surface area contributed by atoms with Crippen molar-refractivity contribution in [1.82, 2.24) is 24.9 Å². The van der Waals surface area contributed by atoms with Crippen molar-refractivity contribution in [2.24, 2.45) is 0 Å². The Morgan fingerprint density at radius 3 is 2.55 bits per heavy atom.